The van der Waals surface area contributed by atoms with Crippen molar-refractivity contribution >= 4 is 30.5 Å². The minimum atomic E-state index is -0.397. The maximum Gasteiger partial charge on any atom is 0.409 e. The molecule has 0 saturated heterocycles. The number of rotatable bonds is 25. The number of ether oxygens (including phenoxy) is 7. The number of carbonyl (C=O) groups excluding carboxylic acids is 3. The number of amides is 1. The standard InChI is InChI=1S/C24H45NO10S/c1-4-25(8-7-22(3)36)24(28)35-20-18-33-16-14-31-12-10-29-9-11-30-13-15-32-17-19-34-23(27)6-5-21(2)26/h22,36H,4-20H2,1-3H3. The van der Waals surface area contributed by atoms with Crippen molar-refractivity contribution in [3.63, 3.8) is 0 Å². The first-order chi connectivity index (χ1) is 17.4. The largest absolute Gasteiger partial charge is 0.463 e. The fourth-order valence-corrected chi connectivity index (χ4v) is 2.66. The molecule has 11 nitrogen and oxygen atoms in total. The third-order valence-corrected chi connectivity index (χ3v) is 4.83. The van der Waals surface area contributed by atoms with E-state index in [2.05, 4.69) is 12.6 Å². The van der Waals surface area contributed by atoms with E-state index in [1.54, 1.807) is 4.90 Å². The van der Waals surface area contributed by atoms with Crippen LogP contribution in [0.4, 0.5) is 4.79 Å². The number of carbonyl (C=O) groups is 3. The fraction of sp³-hybridized carbons (Fsp3) is 0.875. The van der Waals surface area contributed by atoms with Crippen molar-refractivity contribution in [1.29, 1.82) is 0 Å². The molecule has 0 fully saturated rings. The van der Waals surface area contributed by atoms with E-state index < -0.39 is 5.97 Å². The molecule has 0 rings (SSSR count). The zero-order valence-corrected chi connectivity index (χ0v) is 23.0. The number of hydrogen-bond acceptors (Lipinski definition) is 11. The Kier molecular flexibility index (Phi) is 24.2. The van der Waals surface area contributed by atoms with Crippen molar-refractivity contribution in [2.24, 2.45) is 0 Å². The van der Waals surface area contributed by atoms with Gasteiger partial charge in [-0.15, -0.1) is 0 Å². The molecule has 0 aromatic rings. The van der Waals surface area contributed by atoms with E-state index in [1.807, 2.05) is 13.8 Å². The van der Waals surface area contributed by atoms with Gasteiger partial charge in [-0.3, -0.25) is 4.79 Å². The maximum absolute atomic E-state index is 12.0. The number of esters is 1. The van der Waals surface area contributed by atoms with Crippen LogP contribution in [0.25, 0.3) is 0 Å². The summed E-state index contributed by atoms with van der Waals surface area (Å²) in [4.78, 5) is 35.7. The second-order valence-corrected chi connectivity index (χ2v) is 8.70. The summed E-state index contributed by atoms with van der Waals surface area (Å²) in [7, 11) is 0. The lowest BCUT2D eigenvalue weighted by atomic mass is 10.2. The lowest BCUT2D eigenvalue weighted by Gasteiger charge is -2.21. The predicted molar refractivity (Wildman–Crippen MR) is 137 cm³/mol. The average Bonchev–Trinajstić information content (AvgIpc) is 2.84. The van der Waals surface area contributed by atoms with Crippen LogP contribution >= 0.6 is 12.6 Å². The molecule has 212 valence electrons. The van der Waals surface area contributed by atoms with Crippen LogP contribution in [0, 0.1) is 0 Å². The molecule has 0 bridgehead atoms. The van der Waals surface area contributed by atoms with E-state index in [4.69, 9.17) is 33.2 Å². The van der Waals surface area contributed by atoms with E-state index >= 15 is 0 Å². The Morgan fingerprint density at radius 2 is 1.11 bits per heavy atom. The first kappa shape index (κ1) is 34.6. The maximum atomic E-state index is 12.0. The molecule has 36 heavy (non-hydrogen) atoms. The van der Waals surface area contributed by atoms with Gasteiger partial charge in [0.05, 0.1) is 72.5 Å². The van der Waals surface area contributed by atoms with E-state index in [0.717, 1.165) is 6.42 Å². The van der Waals surface area contributed by atoms with Crippen LogP contribution in [-0.2, 0) is 42.7 Å². The van der Waals surface area contributed by atoms with Gasteiger partial charge in [-0.1, -0.05) is 6.92 Å². The van der Waals surface area contributed by atoms with Gasteiger partial charge >= 0.3 is 12.1 Å². The number of hydrogen-bond donors (Lipinski definition) is 1. The highest BCUT2D eigenvalue weighted by Crippen LogP contribution is 2.03. The first-order valence-electron chi connectivity index (χ1n) is 12.5. The monoisotopic (exact) mass is 539 g/mol. The number of thiol groups is 1. The smallest absolute Gasteiger partial charge is 0.409 e. The minimum absolute atomic E-state index is 0.0377. The Hall–Kier alpha value is -1.44. The third kappa shape index (κ3) is 24.3. The molecule has 0 heterocycles. The molecule has 0 aromatic carbocycles. The van der Waals surface area contributed by atoms with Crippen LogP contribution in [0.5, 0.6) is 0 Å². The zero-order valence-electron chi connectivity index (χ0n) is 22.1. The second kappa shape index (κ2) is 25.2. The van der Waals surface area contributed by atoms with Crippen LogP contribution < -0.4 is 0 Å². The van der Waals surface area contributed by atoms with Gasteiger partial charge in [0, 0.05) is 24.8 Å². The highest BCUT2D eigenvalue weighted by molar-refractivity contribution is 7.80. The van der Waals surface area contributed by atoms with Gasteiger partial charge in [0.1, 0.15) is 19.0 Å². The molecule has 0 aliphatic rings. The quantitative estimate of drug-likeness (QED) is 0.105. The molecule has 0 N–H and O–H groups in total. The summed E-state index contributed by atoms with van der Waals surface area (Å²) in [5.74, 6) is -0.435. The molecule has 1 unspecified atom stereocenters. The van der Waals surface area contributed by atoms with Crippen molar-refractivity contribution in [1.82, 2.24) is 4.90 Å². The van der Waals surface area contributed by atoms with Crippen molar-refractivity contribution in [3.05, 3.63) is 0 Å². The first-order valence-corrected chi connectivity index (χ1v) is 13.0. The minimum Gasteiger partial charge on any atom is -0.463 e. The lowest BCUT2D eigenvalue weighted by Crippen LogP contribution is -2.33. The molecular formula is C24H45NO10S. The van der Waals surface area contributed by atoms with Crippen molar-refractivity contribution < 1.29 is 47.5 Å². The van der Waals surface area contributed by atoms with Gasteiger partial charge in [0.2, 0.25) is 0 Å². The number of Topliss-reactive ketones (excluding diaryl/α,β-unsaturated/α-hetero) is 1. The molecule has 1 amide bonds. The van der Waals surface area contributed by atoms with E-state index in [9.17, 15) is 14.4 Å². The summed E-state index contributed by atoms with van der Waals surface area (Å²) >= 11 is 4.32. The Labute approximate surface area is 220 Å². The predicted octanol–water partition coefficient (Wildman–Crippen LogP) is 2.15. The van der Waals surface area contributed by atoms with E-state index in [1.165, 1.54) is 6.92 Å². The Balaban J connectivity index is 3.30. The Morgan fingerprint density at radius 3 is 1.50 bits per heavy atom. The Bertz CT molecular complexity index is 565. The van der Waals surface area contributed by atoms with E-state index in [0.29, 0.717) is 72.6 Å². The number of nitrogens with zero attached hydrogens (tertiary/aromatic N) is 1. The number of ketones is 1. The van der Waals surface area contributed by atoms with Crippen molar-refractivity contribution in [2.45, 2.75) is 45.3 Å². The summed E-state index contributed by atoms with van der Waals surface area (Å²) in [6.07, 6.45) is 0.788. The molecule has 1 atom stereocenters. The van der Waals surface area contributed by atoms with Crippen LogP contribution in [0.1, 0.15) is 40.0 Å². The van der Waals surface area contributed by atoms with Crippen LogP contribution in [0.15, 0.2) is 0 Å². The van der Waals surface area contributed by atoms with E-state index in [-0.39, 0.29) is 49.8 Å². The van der Waals surface area contributed by atoms with Gasteiger partial charge in [-0.2, -0.15) is 12.6 Å². The average molecular weight is 540 g/mol. The summed E-state index contributed by atoms with van der Waals surface area (Å²) in [5, 5.41) is 0.239. The molecule has 0 aromatic heterocycles. The summed E-state index contributed by atoms with van der Waals surface area (Å²) in [6.45, 7) is 11.0. The van der Waals surface area contributed by atoms with Crippen LogP contribution in [0.3, 0.4) is 0 Å². The molecule has 0 saturated carbocycles. The highest BCUT2D eigenvalue weighted by atomic mass is 32.1. The summed E-state index contributed by atoms with van der Waals surface area (Å²) in [5.41, 5.74) is 0. The SMILES string of the molecule is CCN(CCC(C)S)C(=O)OCCOCCOCCOCCOCCOCCOC(=O)CCC(C)=O. The van der Waals surface area contributed by atoms with Gasteiger partial charge in [-0.25, -0.2) is 4.79 Å². The summed E-state index contributed by atoms with van der Waals surface area (Å²) in [6, 6.07) is 0. The normalized spacial score (nSPS) is 11.8. The Morgan fingerprint density at radius 1 is 0.694 bits per heavy atom. The van der Waals surface area contributed by atoms with Crippen LogP contribution in [0.2, 0.25) is 0 Å². The van der Waals surface area contributed by atoms with Crippen LogP contribution in [-0.4, -0.2) is 120 Å². The molecule has 12 heteroatoms. The van der Waals surface area contributed by atoms with Gasteiger partial charge in [0.25, 0.3) is 0 Å². The molecule has 0 aliphatic carbocycles. The van der Waals surface area contributed by atoms with Gasteiger partial charge in [0.15, 0.2) is 0 Å². The fourth-order valence-electron chi connectivity index (χ4n) is 2.55. The van der Waals surface area contributed by atoms with Crippen molar-refractivity contribution in [2.75, 3.05) is 92.4 Å². The topological polar surface area (TPSA) is 119 Å². The van der Waals surface area contributed by atoms with Gasteiger partial charge in [-0.05, 0) is 20.3 Å². The lowest BCUT2D eigenvalue weighted by molar-refractivity contribution is -0.146. The molecule has 0 spiro atoms. The molecule has 0 aliphatic heterocycles. The molecule has 0 radical (unpaired) electrons. The highest BCUT2D eigenvalue weighted by Gasteiger charge is 2.13. The molecular weight excluding hydrogens is 494 g/mol. The summed E-state index contributed by atoms with van der Waals surface area (Å²) < 4.78 is 37.0. The second-order valence-electron chi connectivity index (χ2n) is 7.82. The third-order valence-electron chi connectivity index (χ3n) is 4.57. The zero-order chi connectivity index (χ0) is 26.9. The van der Waals surface area contributed by atoms with Gasteiger partial charge < -0.3 is 42.9 Å². The van der Waals surface area contributed by atoms with Crippen molar-refractivity contribution in [3.8, 4) is 0 Å².